The fraction of sp³-hybridized carbons (Fsp3) is 0.231. The molecule has 5 heteroatoms. The van der Waals surface area contributed by atoms with Gasteiger partial charge in [0.05, 0.1) is 6.04 Å². The van der Waals surface area contributed by atoms with Gasteiger partial charge in [0.2, 0.25) is 0 Å². The molecule has 1 aromatic carbocycles. The summed E-state index contributed by atoms with van der Waals surface area (Å²) in [5.74, 6) is -1.05. The lowest BCUT2D eigenvalue weighted by Crippen LogP contribution is -2.23. The first kappa shape index (κ1) is 13.6. The number of hydrogen-bond donors (Lipinski definition) is 1. The molecule has 0 saturated carbocycles. The van der Waals surface area contributed by atoms with Crippen LogP contribution in [0.25, 0.3) is 0 Å². The highest BCUT2D eigenvalue weighted by Gasteiger charge is 2.22. The first-order valence-electron chi connectivity index (χ1n) is 5.54. The van der Waals surface area contributed by atoms with Gasteiger partial charge in [0, 0.05) is 20.3 Å². The van der Waals surface area contributed by atoms with Gasteiger partial charge >= 0.3 is 0 Å². The van der Waals surface area contributed by atoms with Gasteiger partial charge in [-0.3, -0.25) is 0 Å². The van der Waals surface area contributed by atoms with Crippen LogP contribution in [0.1, 0.15) is 23.4 Å². The van der Waals surface area contributed by atoms with E-state index in [1.807, 2.05) is 18.4 Å². The van der Waals surface area contributed by atoms with Gasteiger partial charge in [-0.1, -0.05) is 13.0 Å². The van der Waals surface area contributed by atoms with Crippen LogP contribution in [-0.4, -0.2) is 6.54 Å². The van der Waals surface area contributed by atoms with Crippen molar-refractivity contribution in [3.05, 3.63) is 56.2 Å². The number of hydrogen-bond acceptors (Lipinski definition) is 2. The summed E-state index contributed by atoms with van der Waals surface area (Å²) in [6.07, 6.45) is 0. The van der Waals surface area contributed by atoms with Gasteiger partial charge in [-0.25, -0.2) is 8.78 Å². The fourth-order valence-electron chi connectivity index (χ4n) is 1.82. The Labute approximate surface area is 117 Å². The maximum Gasteiger partial charge on any atom is 0.131 e. The fourth-order valence-corrected chi connectivity index (χ4v) is 3.34. The summed E-state index contributed by atoms with van der Waals surface area (Å²) in [6, 6.07) is 5.37. The zero-order valence-corrected chi connectivity index (χ0v) is 12.1. The summed E-state index contributed by atoms with van der Waals surface area (Å²) in [4.78, 5) is 0.882. The van der Waals surface area contributed by atoms with E-state index < -0.39 is 17.7 Å². The van der Waals surface area contributed by atoms with E-state index in [0.29, 0.717) is 6.54 Å². The van der Waals surface area contributed by atoms with E-state index >= 15 is 0 Å². The zero-order valence-electron chi connectivity index (χ0n) is 9.71. The summed E-state index contributed by atoms with van der Waals surface area (Å²) >= 11 is 4.82. The van der Waals surface area contributed by atoms with Crippen molar-refractivity contribution in [2.24, 2.45) is 0 Å². The van der Waals surface area contributed by atoms with E-state index in [0.717, 1.165) is 9.35 Å². The van der Waals surface area contributed by atoms with Crippen molar-refractivity contribution < 1.29 is 8.78 Å². The van der Waals surface area contributed by atoms with Crippen LogP contribution in [0.5, 0.6) is 0 Å². The first-order chi connectivity index (χ1) is 8.63. The molecule has 2 aromatic rings. The van der Waals surface area contributed by atoms with E-state index in [2.05, 4.69) is 21.2 Å². The van der Waals surface area contributed by atoms with Crippen LogP contribution >= 0.6 is 27.3 Å². The van der Waals surface area contributed by atoms with E-state index in [9.17, 15) is 8.78 Å². The molecule has 96 valence electrons. The summed E-state index contributed by atoms with van der Waals surface area (Å²) < 4.78 is 28.6. The molecule has 0 fully saturated rings. The first-order valence-corrected chi connectivity index (χ1v) is 7.22. The smallest absolute Gasteiger partial charge is 0.131 e. The van der Waals surface area contributed by atoms with Gasteiger partial charge in [-0.15, -0.1) is 11.3 Å². The number of thiophene rings is 1. The van der Waals surface area contributed by atoms with Crippen molar-refractivity contribution in [2.45, 2.75) is 13.0 Å². The van der Waals surface area contributed by atoms with Crippen LogP contribution in [0.2, 0.25) is 0 Å². The summed E-state index contributed by atoms with van der Waals surface area (Å²) in [6.45, 7) is 2.54. The molecular formula is C13H12BrF2NS. The number of halogens is 3. The van der Waals surface area contributed by atoms with E-state index in [4.69, 9.17) is 0 Å². The predicted molar refractivity (Wildman–Crippen MR) is 73.9 cm³/mol. The number of rotatable bonds is 4. The third-order valence-electron chi connectivity index (χ3n) is 2.57. The molecule has 1 atom stereocenters. The molecule has 1 aromatic heterocycles. The molecule has 1 N–H and O–H groups in total. The molecule has 0 spiro atoms. The molecule has 18 heavy (non-hydrogen) atoms. The summed E-state index contributed by atoms with van der Waals surface area (Å²) in [7, 11) is 0. The Morgan fingerprint density at radius 2 is 2.00 bits per heavy atom. The van der Waals surface area contributed by atoms with E-state index in [1.54, 1.807) is 0 Å². The Hall–Kier alpha value is -0.780. The van der Waals surface area contributed by atoms with Crippen molar-refractivity contribution in [1.82, 2.24) is 5.32 Å². The molecule has 1 unspecified atom stereocenters. The Balaban J connectivity index is 2.47. The SMILES string of the molecule is CCNC(c1cc(Br)cs1)c1c(F)cccc1F. The minimum atomic E-state index is -0.523. The van der Waals surface area contributed by atoms with Crippen LogP contribution in [0.3, 0.4) is 0 Å². The third kappa shape index (κ3) is 2.79. The normalized spacial score (nSPS) is 12.7. The molecule has 1 heterocycles. The van der Waals surface area contributed by atoms with Crippen molar-refractivity contribution in [2.75, 3.05) is 6.54 Å². The second-order valence-electron chi connectivity index (χ2n) is 3.79. The average Bonchev–Trinajstić information content (AvgIpc) is 2.74. The maximum atomic E-state index is 13.8. The standard InChI is InChI=1S/C13H12BrF2NS/c1-2-17-13(11-6-8(14)7-18-11)12-9(15)4-3-5-10(12)16/h3-7,13,17H,2H2,1H3. The Kier molecular flexibility index (Phi) is 4.48. The third-order valence-corrected chi connectivity index (χ3v) is 4.33. The van der Waals surface area contributed by atoms with E-state index in [-0.39, 0.29) is 5.56 Å². The van der Waals surface area contributed by atoms with Crippen molar-refractivity contribution in [3.63, 3.8) is 0 Å². The van der Waals surface area contributed by atoms with Crippen LogP contribution in [0.4, 0.5) is 8.78 Å². The highest BCUT2D eigenvalue weighted by molar-refractivity contribution is 9.10. The minimum absolute atomic E-state index is 0.0775. The van der Waals surface area contributed by atoms with Crippen LogP contribution < -0.4 is 5.32 Å². The predicted octanol–water partition coefficient (Wildman–Crippen LogP) is 4.49. The lowest BCUT2D eigenvalue weighted by molar-refractivity contribution is 0.513. The van der Waals surface area contributed by atoms with Gasteiger partial charge in [-0.2, -0.15) is 0 Å². The minimum Gasteiger partial charge on any atom is -0.306 e. The Morgan fingerprint density at radius 1 is 1.33 bits per heavy atom. The summed E-state index contributed by atoms with van der Waals surface area (Å²) in [5, 5.41) is 5.02. The van der Waals surface area contributed by atoms with Crippen molar-refractivity contribution in [1.29, 1.82) is 0 Å². The van der Waals surface area contributed by atoms with Gasteiger partial charge in [0.25, 0.3) is 0 Å². The Bertz CT molecular complexity index is 521. The number of nitrogens with one attached hydrogen (secondary N) is 1. The van der Waals surface area contributed by atoms with Crippen LogP contribution in [-0.2, 0) is 0 Å². The lowest BCUT2D eigenvalue weighted by atomic mass is 10.0. The molecule has 0 aliphatic rings. The van der Waals surface area contributed by atoms with Gasteiger partial charge in [0.15, 0.2) is 0 Å². The molecule has 2 rings (SSSR count). The molecule has 0 radical (unpaired) electrons. The maximum absolute atomic E-state index is 13.8. The van der Waals surface area contributed by atoms with Gasteiger partial charge < -0.3 is 5.32 Å². The summed E-state index contributed by atoms with van der Waals surface area (Å²) in [5.41, 5.74) is 0.0775. The topological polar surface area (TPSA) is 12.0 Å². The molecule has 0 aliphatic heterocycles. The van der Waals surface area contributed by atoms with Crippen LogP contribution in [0, 0.1) is 11.6 Å². The molecular weight excluding hydrogens is 320 g/mol. The number of benzene rings is 1. The lowest BCUT2D eigenvalue weighted by Gasteiger charge is -2.18. The molecule has 0 aliphatic carbocycles. The highest BCUT2D eigenvalue weighted by Crippen LogP contribution is 2.32. The second-order valence-corrected chi connectivity index (χ2v) is 5.65. The molecule has 1 nitrogen and oxygen atoms in total. The van der Waals surface area contributed by atoms with Crippen LogP contribution in [0.15, 0.2) is 34.1 Å². The monoisotopic (exact) mass is 331 g/mol. The highest BCUT2D eigenvalue weighted by atomic mass is 79.9. The van der Waals surface area contributed by atoms with E-state index in [1.165, 1.54) is 29.5 Å². The quantitative estimate of drug-likeness (QED) is 0.870. The molecule has 0 amide bonds. The molecule has 0 saturated heterocycles. The van der Waals surface area contributed by atoms with Crippen molar-refractivity contribution >= 4 is 27.3 Å². The average molecular weight is 332 g/mol. The van der Waals surface area contributed by atoms with Gasteiger partial charge in [0.1, 0.15) is 11.6 Å². The molecule has 0 bridgehead atoms. The van der Waals surface area contributed by atoms with Crippen molar-refractivity contribution in [3.8, 4) is 0 Å². The largest absolute Gasteiger partial charge is 0.306 e. The second kappa shape index (κ2) is 5.91. The Morgan fingerprint density at radius 3 is 2.50 bits per heavy atom. The zero-order chi connectivity index (χ0) is 13.1. The van der Waals surface area contributed by atoms with Gasteiger partial charge in [-0.05, 0) is 40.7 Å².